The first-order valence-corrected chi connectivity index (χ1v) is 16.3. The predicted molar refractivity (Wildman–Crippen MR) is 184 cm³/mol. The number of hydrogen-bond donors (Lipinski definition) is 4. The van der Waals surface area contributed by atoms with Crippen LogP contribution in [0, 0.1) is 5.92 Å². The van der Waals surface area contributed by atoms with E-state index in [0.29, 0.717) is 46.8 Å². The second kappa shape index (κ2) is 14.3. The Hall–Kier alpha value is -5.17. The molecule has 6 rings (SSSR count). The zero-order valence-electron chi connectivity index (χ0n) is 26.7. The van der Waals surface area contributed by atoms with Crippen LogP contribution in [0.4, 0.5) is 23.1 Å². The number of piperidine rings is 2. The lowest BCUT2D eigenvalue weighted by Crippen LogP contribution is -2.39. The summed E-state index contributed by atoms with van der Waals surface area (Å²) in [5.41, 5.74) is 2.89. The van der Waals surface area contributed by atoms with Crippen LogP contribution in [-0.4, -0.2) is 65.5 Å². The lowest BCUT2D eigenvalue weighted by atomic mass is 9.90. The molecule has 0 saturated carbocycles. The van der Waals surface area contributed by atoms with E-state index in [2.05, 4.69) is 31.2 Å². The van der Waals surface area contributed by atoms with E-state index >= 15 is 0 Å². The monoisotopic (exact) mass is 672 g/mol. The summed E-state index contributed by atoms with van der Waals surface area (Å²) in [5.74, 6) is 0.305. The van der Waals surface area contributed by atoms with E-state index in [1.165, 1.54) is 11.6 Å². The van der Waals surface area contributed by atoms with Crippen LogP contribution in [-0.2, 0) is 21.4 Å². The number of likely N-dealkylation sites (N-methyl/N-ethyl adjacent to an activating group) is 1. The third kappa shape index (κ3) is 7.36. The smallest absolute Gasteiger partial charge is 0.293 e. The van der Waals surface area contributed by atoms with Gasteiger partial charge in [0.25, 0.3) is 11.5 Å². The number of nitrogens with one attached hydrogen (secondary N) is 4. The van der Waals surface area contributed by atoms with Crippen LogP contribution in [0.3, 0.4) is 0 Å². The molecule has 0 aliphatic carbocycles. The van der Waals surface area contributed by atoms with Crippen LogP contribution in [0.2, 0.25) is 5.02 Å². The molecule has 13 nitrogen and oxygen atoms in total. The molecule has 2 aliphatic heterocycles. The summed E-state index contributed by atoms with van der Waals surface area (Å²) < 4.78 is 6.96. The second-order valence-corrected chi connectivity index (χ2v) is 12.5. The van der Waals surface area contributed by atoms with Crippen molar-refractivity contribution in [2.24, 2.45) is 13.0 Å². The molecule has 2 saturated heterocycles. The number of hydrogen-bond acceptors (Lipinski definition) is 10. The highest BCUT2D eigenvalue weighted by Gasteiger charge is 2.28. The van der Waals surface area contributed by atoms with Crippen LogP contribution in [0.25, 0.3) is 10.9 Å². The van der Waals surface area contributed by atoms with Crippen LogP contribution in [0.5, 0.6) is 5.75 Å². The Balaban J connectivity index is 1.12. The molecule has 2 unspecified atom stereocenters. The third-order valence-electron chi connectivity index (χ3n) is 8.75. The van der Waals surface area contributed by atoms with Gasteiger partial charge in [-0.05, 0) is 67.1 Å². The Bertz CT molecular complexity index is 1930. The number of anilines is 4. The van der Waals surface area contributed by atoms with Gasteiger partial charge in [0.1, 0.15) is 5.02 Å². The first-order chi connectivity index (χ1) is 23.2. The molecule has 0 bridgehead atoms. The lowest BCUT2D eigenvalue weighted by Gasteiger charge is -2.33. The Morgan fingerprint density at radius 2 is 1.96 bits per heavy atom. The van der Waals surface area contributed by atoms with Gasteiger partial charge in [-0.2, -0.15) is 4.98 Å². The summed E-state index contributed by atoms with van der Waals surface area (Å²) in [6, 6.07) is 15.0. The fourth-order valence-corrected chi connectivity index (χ4v) is 6.28. The zero-order valence-corrected chi connectivity index (χ0v) is 27.5. The lowest BCUT2D eigenvalue weighted by molar-refractivity contribution is -0.134. The van der Waals surface area contributed by atoms with E-state index in [1.54, 1.807) is 19.3 Å². The van der Waals surface area contributed by atoms with Crippen molar-refractivity contribution in [2.75, 3.05) is 48.8 Å². The molecule has 250 valence electrons. The molecule has 0 spiro atoms. The van der Waals surface area contributed by atoms with Gasteiger partial charge < -0.3 is 30.2 Å². The van der Waals surface area contributed by atoms with Crippen molar-refractivity contribution in [3.05, 3.63) is 75.7 Å². The molecule has 4 N–H and O–H groups in total. The van der Waals surface area contributed by atoms with E-state index in [0.717, 1.165) is 49.1 Å². The Morgan fingerprint density at radius 3 is 2.77 bits per heavy atom. The number of imide groups is 1. The normalized spacial score (nSPS) is 17.9. The van der Waals surface area contributed by atoms with Crippen molar-refractivity contribution in [1.29, 1.82) is 0 Å². The number of fused-ring (bicyclic) bond motifs is 1. The number of benzene rings is 2. The molecule has 2 atom stereocenters. The van der Waals surface area contributed by atoms with E-state index in [4.69, 9.17) is 21.3 Å². The number of aromatic nitrogens is 3. The van der Waals surface area contributed by atoms with Gasteiger partial charge in [0, 0.05) is 56.9 Å². The average Bonchev–Trinajstić information content (AvgIpc) is 3.09. The number of ether oxygens (including phenoxy) is 1. The summed E-state index contributed by atoms with van der Waals surface area (Å²) >= 11 is 6.53. The van der Waals surface area contributed by atoms with Crippen molar-refractivity contribution >= 4 is 63.4 Å². The predicted octanol–water partition coefficient (Wildman–Crippen LogP) is 3.70. The Labute approximate surface area is 282 Å². The van der Waals surface area contributed by atoms with E-state index < -0.39 is 0 Å². The number of amides is 3. The zero-order chi connectivity index (χ0) is 33.8. The number of aryl methyl sites for hydroxylation is 1. The van der Waals surface area contributed by atoms with Crippen molar-refractivity contribution < 1.29 is 19.1 Å². The quantitative estimate of drug-likeness (QED) is 0.183. The maximum atomic E-state index is 12.7. The standard InChI is InChI=1S/C34H37ClN8O5/c1-36-30(45)19-48-28-15-22-14-24(8-10-27(22)42(2)33(28)47)39-31-26(35)17-38-34(41-31)43-12-4-5-20(18-43)16-37-23-7-3-6-21(13-23)25-9-11-29(44)40-32(25)46/h3,6-8,10,13-15,17,20,25,37H,4-5,9,11-12,16,18-19H2,1-2H3,(H,36,45)(H,38,39,41)(H,40,44,46). The van der Waals surface area contributed by atoms with Crippen LogP contribution in [0.15, 0.2) is 59.5 Å². The van der Waals surface area contributed by atoms with Crippen molar-refractivity contribution in [2.45, 2.75) is 31.6 Å². The Kier molecular flexibility index (Phi) is 9.76. The molecule has 4 heterocycles. The summed E-state index contributed by atoms with van der Waals surface area (Å²) in [5, 5.41) is 12.8. The Morgan fingerprint density at radius 1 is 1.10 bits per heavy atom. The number of nitrogens with zero attached hydrogens (tertiary/aromatic N) is 4. The number of halogens is 1. The molecule has 4 aromatic rings. The number of rotatable bonds is 10. The van der Waals surface area contributed by atoms with E-state index in [1.807, 2.05) is 42.5 Å². The van der Waals surface area contributed by atoms with Gasteiger partial charge >= 0.3 is 0 Å². The number of carbonyl (C=O) groups excluding carboxylic acids is 3. The van der Waals surface area contributed by atoms with Gasteiger partial charge in [-0.15, -0.1) is 0 Å². The topological polar surface area (TPSA) is 160 Å². The fraction of sp³-hybridized carbons (Fsp3) is 0.353. The maximum absolute atomic E-state index is 12.7. The fourth-order valence-electron chi connectivity index (χ4n) is 6.14. The van der Waals surface area contributed by atoms with Gasteiger partial charge in [0.2, 0.25) is 17.8 Å². The van der Waals surface area contributed by atoms with Gasteiger partial charge in [0.05, 0.1) is 17.6 Å². The molecule has 14 heteroatoms. The molecule has 2 aromatic heterocycles. The second-order valence-electron chi connectivity index (χ2n) is 12.1. The maximum Gasteiger partial charge on any atom is 0.293 e. The summed E-state index contributed by atoms with van der Waals surface area (Å²) in [6.07, 6.45) is 4.47. The van der Waals surface area contributed by atoms with Crippen LogP contribution >= 0.6 is 11.6 Å². The van der Waals surface area contributed by atoms with Gasteiger partial charge in [-0.25, -0.2) is 4.98 Å². The van der Waals surface area contributed by atoms with Gasteiger partial charge in [-0.3, -0.25) is 24.5 Å². The molecular formula is C34H37ClN8O5. The van der Waals surface area contributed by atoms with E-state index in [9.17, 15) is 19.2 Å². The largest absolute Gasteiger partial charge is 0.478 e. The van der Waals surface area contributed by atoms with Gasteiger partial charge in [0.15, 0.2) is 18.2 Å². The summed E-state index contributed by atoms with van der Waals surface area (Å²) in [7, 11) is 3.15. The first-order valence-electron chi connectivity index (χ1n) is 15.9. The minimum Gasteiger partial charge on any atom is -0.478 e. The highest BCUT2D eigenvalue weighted by molar-refractivity contribution is 6.32. The third-order valence-corrected chi connectivity index (χ3v) is 9.02. The van der Waals surface area contributed by atoms with Crippen molar-refractivity contribution in [3.8, 4) is 5.75 Å². The first kappa shape index (κ1) is 32.8. The summed E-state index contributed by atoms with van der Waals surface area (Å²) in [6.45, 7) is 2.04. The molecule has 0 radical (unpaired) electrons. The minimum absolute atomic E-state index is 0.0734. The number of pyridine rings is 1. The summed E-state index contributed by atoms with van der Waals surface area (Å²) in [4.78, 5) is 59.8. The van der Waals surface area contributed by atoms with Gasteiger partial charge in [-0.1, -0.05) is 23.7 Å². The van der Waals surface area contributed by atoms with Crippen molar-refractivity contribution in [3.63, 3.8) is 0 Å². The SMILES string of the molecule is CNC(=O)COc1cc2cc(Nc3nc(N4CCCC(CNc5cccc(C6CCC(=O)NC6=O)c5)C4)ncc3Cl)ccc2n(C)c1=O. The molecule has 2 fully saturated rings. The average molecular weight is 673 g/mol. The molecular weight excluding hydrogens is 636 g/mol. The number of carbonyl (C=O) groups is 3. The minimum atomic E-state index is -0.341. The molecule has 3 amide bonds. The van der Waals surface area contributed by atoms with E-state index in [-0.39, 0.29) is 41.6 Å². The highest BCUT2D eigenvalue weighted by atomic mass is 35.5. The molecule has 48 heavy (non-hydrogen) atoms. The highest BCUT2D eigenvalue weighted by Crippen LogP contribution is 2.30. The molecule has 2 aromatic carbocycles. The molecule has 2 aliphatic rings. The van der Waals surface area contributed by atoms with Crippen LogP contribution in [0.1, 0.15) is 37.2 Å². The van der Waals surface area contributed by atoms with Crippen molar-refractivity contribution in [1.82, 2.24) is 25.2 Å². The van der Waals surface area contributed by atoms with Crippen LogP contribution < -0.4 is 36.5 Å².